The zero-order chi connectivity index (χ0) is 15.8. The molecule has 5 nitrogen and oxygen atoms in total. The maximum atomic E-state index is 11.9. The van der Waals surface area contributed by atoms with Crippen molar-refractivity contribution in [1.29, 1.82) is 0 Å². The maximum absolute atomic E-state index is 11.9. The van der Waals surface area contributed by atoms with E-state index in [1.807, 2.05) is 37.3 Å². The Morgan fingerprint density at radius 1 is 1.18 bits per heavy atom. The van der Waals surface area contributed by atoms with Crippen molar-refractivity contribution < 1.29 is 18.7 Å². The summed E-state index contributed by atoms with van der Waals surface area (Å²) in [6, 6.07) is 10.8. The highest BCUT2D eigenvalue weighted by Crippen LogP contribution is 2.10. The van der Waals surface area contributed by atoms with Gasteiger partial charge in [0.25, 0.3) is 0 Å². The van der Waals surface area contributed by atoms with Crippen LogP contribution in [0.2, 0.25) is 0 Å². The van der Waals surface area contributed by atoms with Gasteiger partial charge in [-0.1, -0.05) is 37.3 Å². The van der Waals surface area contributed by atoms with Crippen LogP contribution in [-0.4, -0.2) is 5.97 Å². The van der Waals surface area contributed by atoms with Gasteiger partial charge in [-0.15, -0.1) is 0 Å². The van der Waals surface area contributed by atoms with E-state index < -0.39 is 0 Å². The maximum Gasteiger partial charge on any atom is 0.306 e. The summed E-state index contributed by atoms with van der Waals surface area (Å²) in [7, 11) is 0. The third kappa shape index (κ3) is 4.77. The smallest absolute Gasteiger partial charge is 0.306 e. The molecule has 0 aliphatic heterocycles. The molecule has 2 aromatic rings. The summed E-state index contributed by atoms with van der Waals surface area (Å²) in [5.74, 6) is 0.114. The van der Waals surface area contributed by atoms with Gasteiger partial charge in [0.1, 0.15) is 25.2 Å². The van der Waals surface area contributed by atoms with Gasteiger partial charge in [-0.05, 0) is 12.0 Å². The Morgan fingerprint density at radius 2 is 1.95 bits per heavy atom. The number of rotatable bonds is 7. The lowest BCUT2D eigenvalue weighted by molar-refractivity contribution is -0.145. The van der Waals surface area contributed by atoms with Crippen LogP contribution in [0.25, 0.3) is 0 Å². The van der Waals surface area contributed by atoms with Crippen molar-refractivity contribution in [3.63, 3.8) is 0 Å². The minimum absolute atomic E-state index is 0.0486. The van der Waals surface area contributed by atoms with E-state index in [1.54, 1.807) is 0 Å². The van der Waals surface area contributed by atoms with Crippen LogP contribution in [0.1, 0.15) is 31.1 Å². The SMILES string of the molecule is CCCC(=O)OCc1cc(=O)c(OCc2ccccc2)co1. The van der Waals surface area contributed by atoms with Crippen LogP contribution in [0.5, 0.6) is 5.75 Å². The van der Waals surface area contributed by atoms with E-state index in [0.717, 1.165) is 12.0 Å². The number of esters is 1. The van der Waals surface area contributed by atoms with E-state index in [9.17, 15) is 9.59 Å². The molecule has 1 aromatic carbocycles. The Kier molecular flexibility index (Phi) is 5.77. The van der Waals surface area contributed by atoms with E-state index in [1.165, 1.54) is 12.3 Å². The minimum atomic E-state index is -0.311. The molecule has 5 heteroatoms. The van der Waals surface area contributed by atoms with Crippen molar-refractivity contribution in [2.75, 3.05) is 0 Å². The molecule has 0 saturated heterocycles. The Hall–Kier alpha value is -2.56. The molecular formula is C17H18O5. The predicted molar refractivity (Wildman–Crippen MR) is 80.5 cm³/mol. The number of hydrogen-bond donors (Lipinski definition) is 0. The van der Waals surface area contributed by atoms with Gasteiger partial charge in [0.2, 0.25) is 11.2 Å². The second-order valence-electron chi connectivity index (χ2n) is 4.76. The molecule has 0 amide bonds. The topological polar surface area (TPSA) is 65.7 Å². The van der Waals surface area contributed by atoms with Crippen molar-refractivity contribution in [2.24, 2.45) is 0 Å². The highest BCUT2D eigenvalue weighted by atomic mass is 16.5. The molecule has 0 aliphatic rings. The number of hydrogen-bond acceptors (Lipinski definition) is 5. The summed E-state index contributed by atoms with van der Waals surface area (Å²) in [4.78, 5) is 23.2. The first-order valence-electron chi connectivity index (χ1n) is 7.13. The molecule has 1 aromatic heterocycles. The van der Waals surface area contributed by atoms with Gasteiger partial charge < -0.3 is 13.9 Å². The number of carbonyl (C=O) groups is 1. The van der Waals surface area contributed by atoms with Crippen LogP contribution in [0.3, 0.4) is 0 Å². The quantitative estimate of drug-likeness (QED) is 0.735. The van der Waals surface area contributed by atoms with Crippen molar-refractivity contribution >= 4 is 5.97 Å². The van der Waals surface area contributed by atoms with Crippen LogP contribution in [0, 0.1) is 0 Å². The zero-order valence-corrected chi connectivity index (χ0v) is 12.4. The summed E-state index contributed by atoms with van der Waals surface area (Å²) in [6.45, 7) is 2.13. The summed E-state index contributed by atoms with van der Waals surface area (Å²) < 4.78 is 15.7. The van der Waals surface area contributed by atoms with Crippen molar-refractivity contribution in [3.8, 4) is 5.75 Å². The fourth-order valence-electron chi connectivity index (χ4n) is 1.78. The third-order valence-electron chi connectivity index (χ3n) is 2.92. The summed E-state index contributed by atoms with van der Waals surface area (Å²) in [5.41, 5.74) is 0.656. The first-order valence-corrected chi connectivity index (χ1v) is 7.13. The Morgan fingerprint density at radius 3 is 2.64 bits per heavy atom. The second kappa shape index (κ2) is 8.02. The average Bonchev–Trinajstić information content (AvgIpc) is 2.53. The highest BCUT2D eigenvalue weighted by Gasteiger charge is 2.07. The van der Waals surface area contributed by atoms with Crippen LogP contribution in [-0.2, 0) is 22.7 Å². The summed E-state index contributed by atoms with van der Waals surface area (Å²) >= 11 is 0. The van der Waals surface area contributed by atoms with Gasteiger partial charge in [-0.25, -0.2) is 0 Å². The number of ether oxygens (including phenoxy) is 2. The molecule has 116 valence electrons. The summed E-state index contributed by atoms with van der Waals surface area (Å²) in [6.07, 6.45) is 2.31. The normalized spacial score (nSPS) is 10.2. The molecule has 0 radical (unpaired) electrons. The third-order valence-corrected chi connectivity index (χ3v) is 2.92. The summed E-state index contributed by atoms with van der Waals surface area (Å²) in [5, 5.41) is 0. The van der Waals surface area contributed by atoms with E-state index in [-0.39, 0.29) is 30.4 Å². The highest BCUT2D eigenvalue weighted by molar-refractivity contribution is 5.69. The van der Waals surface area contributed by atoms with E-state index >= 15 is 0 Å². The second-order valence-corrected chi connectivity index (χ2v) is 4.76. The van der Waals surface area contributed by atoms with Crippen LogP contribution < -0.4 is 10.2 Å². The fraction of sp³-hybridized carbons (Fsp3) is 0.294. The Balaban J connectivity index is 1.92. The molecule has 0 bridgehead atoms. The largest absolute Gasteiger partial charge is 0.482 e. The number of carbonyl (C=O) groups excluding carboxylic acids is 1. The van der Waals surface area contributed by atoms with Crippen LogP contribution >= 0.6 is 0 Å². The molecule has 0 atom stereocenters. The van der Waals surface area contributed by atoms with Gasteiger partial charge in [-0.2, -0.15) is 0 Å². The molecule has 0 N–H and O–H groups in total. The van der Waals surface area contributed by atoms with Gasteiger partial charge >= 0.3 is 5.97 Å². The van der Waals surface area contributed by atoms with Gasteiger partial charge in [0, 0.05) is 12.5 Å². The van der Waals surface area contributed by atoms with E-state index in [2.05, 4.69) is 0 Å². The predicted octanol–water partition coefficient (Wildman–Crippen LogP) is 3.06. The monoisotopic (exact) mass is 302 g/mol. The molecule has 0 fully saturated rings. The van der Waals surface area contributed by atoms with Crippen molar-refractivity contribution in [1.82, 2.24) is 0 Å². The first kappa shape index (κ1) is 15.8. The lowest BCUT2D eigenvalue weighted by Gasteiger charge is -2.06. The molecule has 0 unspecified atom stereocenters. The van der Waals surface area contributed by atoms with E-state index in [0.29, 0.717) is 12.2 Å². The lowest BCUT2D eigenvalue weighted by atomic mass is 10.2. The van der Waals surface area contributed by atoms with Gasteiger partial charge in [0.15, 0.2) is 0 Å². The molecule has 0 spiro atoms. The zero-order valence-electron chi connectivity index (χ0n) is 12.4. The van der Waals surface area contributed by atoms with Crippen molar-refractivity contribution in [3.05, 3.63) is 64.2 Å². The average molecular weight is 302 g/mol. The standard InChI is InChI=1S/C17H18O5/c1-2-6-17(19)22-11-14-9-15(18)16(12-20-14)21-10-13-7-4-3-5-8-13/h3-5,7-9,12H,2,6,10-11H2,1H3. The lowest BCUT2D eigenvalue weighted by Crippen LogP contribution is -2.09. The molecular weight excluding hydrogens is 284 g/mol. The number of benzene rings is 1. The Labute approximate surface area is 128 Å². The van der Waals surface area contributed by atoms with Gasteiger partial charge in [0.05, 0.1) is 0 Å². The van der Waals surface area contributed by atoms with E-state index in [4.69, 9.17) is 13.9 Å². The minimum Gasteiger partial charge on any atom is -0.482 e. The van der Waals surface area contributed by atoms with Crippen LogP contribution in [0.4, 0.5) is 0 Å². The molecule has 1 heterocycles. The molecule has 22 heavy (non-hydrogen) atoms. The molecule has 0 aliphatic carbocycles. The van der Waals surface area contributed by atoms with Crippen molar-refractivity contribution in [2.45, 2.75) is 33.0 Å². The molecule has 2 rings (SSSR count). The fourth-order valence-corrected chi connectivity index (χ4v) is 1.78. The van der Waals surface area contributed by atoms with Gasteiger partial charge in [-0.3, -0.25) is 9.59 Å². The first-order chi connectivity index (χ1) is 10.7. The Bertz CT molecular complexity index is 660. The van der Waals surface area contributed by atoms with Crippen LogP contribution in [0.15, 0.2) is 51.9 Å². The molecule has 0 saturated carbocycles.